The number of rotatable bonds is 4. The molecule has 0 heterocycles. The first-order valence-electron chi connectivity index (χ1n) is 3.27. The van der Waals surface area contributed by atoms with Crippen LogP contribution in [-0.4, -0.2) is 6.61 Å². The molecular formula is C7H13IO. The minimum Gasteiger partial charge on any atom is -0.498 e. The number of hydrogen-bond donors (Lipinski definition) is 0. The number of hydrogen-bond acceptors (Lipinski definition) is 1. The fourth-order valence-corrected chi connectivity index (χ4v) is 1.08. The average Bonchev–Trinajstić information content (AvgIpc) is 1.88. The molecule has 0 unspecified atom stereocenters. The van der Waals surface area contributed by atoms with Gasteiger partial charge in [-0.15, -0.1) is 0 Å². The van der Waals surface area contributed by atoms with E-state index in [9.17, 15) is 0 Å². The van der Waals surface area contributed by atoms with Crippen molar-refractivity contribution in [3.8, 4) is 0 Å². The Morgan fingerprint density at radius 1 is 1.56 bits per heavy atom. The van der Waals surface area contributed by atoms with Gasteiger partial charge in [0.2, 0.25) is 0 Å². The third-order valence-corrected chi connectivity index (χ3v) is 1.64. The highest BCUT2D eigenvalue weighted by atomic mass is 127. The Kier molecular flexibility index (Phi) is 6.58. The molecule has 0 aliphatic heterocycles. The van der Waals surface area contributed by atoms with Crippen molar-refractivity contribution in [2.24, 2.45) is 0 Å². The predicted octanol–water partition coefficient (Wildman–Crippen LogP) is 3.10. The lowest BCUT2D eigenvalue weighted by Gasteiger charge is -2.04. The fourth-order valence-electron chi connectivity index (χ4n) is 0.590. The Balaban J connectivity index is 3.43. The van der Waals surface area contributed by atoms with Crippen molar-refractivity contribution in [3.63, 3.8) is 0 Å². The van der Waals surface area contributed by atoms with Crippen molar-refractivity contribution in [3.05, 3.63) is 9.84 Å². The molecule has 54 valence electrons. The van der Waals surface area contributed by atoms with Crippen molar-refractivity contribution in [2.75, 3.05) is 6.61 Å². The van der Waals surface area contributed by atoms with Crippen LogP contribution in [-0.2, 0) is 4.74 Å². The third kappa shape index (κ3) is 4.75. The van der Waals surface area contributed by atoms with Gasteiger partial charge in [0.15, 0.2) is 0 Å². The van der Waals surface area contributed by atoms with E-state index in [0.717, 1.165) is 25.2 Å². The van der Waals surface area contributed by atoms with E-state index in [1.165, 1.54) is 0 Å². The summed E-state index contributed by atoms with van der Waals surface area (Å²) in [4.78, 5) is 0. The molecule has 0 fully saturated rings. The fraction of sp³-hybridized carbons (Fsp3) is 0.714. The second-order valence-corrected chi connectivity index (χ2v) is 2.38. The first kappa shape index (κ1) is 9.27. The molecule has 0 spiro atoms. The molecule has 9 heavy (non-hydrogen) atoms. The highest BCUT2D eigenvalue weighted by molar-refractivity contribution is 14.1. The molecule has 0 atom stereocenters. The van der Waals surface area contributed by atoms with E-state index in [0.29, 0.717) is 0 Å². The number of ether oxygens (including phenoxy) is 1. The normalized spacial score (nSPS) is 11.7. The quantitative estimate of drug-likeness (QED) is 0.542. The highest BCUT2D eigenvalue weighted by Crippen LogP contribution is 2.08. The van der Waals surface area contributed by atoms with Crippen LogP contribution in [0.25, 0.3) is 0 Å². The minimum absolute atomic E-state index is 0.787. The van der Waals surface area contributed by atoms with Crippen LogP contribution in [0.3, 0.4) is 0 Å². The molecule has 0 amide bonds. The van der Waals surface area contributed by atoms with Gasteiger partial charge in [0.05, 0.1) is 6.61 Å². The van der Waals surface area contributed by atoms with Gasteiger partial charge in [-0.2, -0.15) is 0 Å². The summed E-state index contributed by atoms with van der Waals surface area (Å²) in [7, 11) is 0. The molecule has 0 aromatic rings. The zero-order valence-corrected chi connectivity index (χ0v) is 8.14. The van der Waals surface area contributed by atoms with Crippen molar-refractivity contribution in [1.29, 1.82) is 0 Å². The maximum absolute atomic E-state index is 5.29. The van der Waals surface area contributed by atoms with Gasteiger partial charge in [0.1, 0.15) is 5.76 Å². The standard InChI is InChI=1S/C7H13IO/c1-3-5-7(6-8)9-4-2/h6H,3-5H2,1-2H3. The minimum atomic E-state index is 0.787. The molecule has 0 aromatic carbocycles. The topological polar surface area (TPSA) is 9.23 Å². The summed E-state index contributed by atoms with van der Waals surface area (Å²) in [5, 5.41) is 0. The number of allylic oxidation sites excluding steroid dienone is 1. The van der Waals surface area contributed by atoms with E-state index in [4.69, 9.17) is 4.74 Å². The van der Waals surface area contributed by atoms with Crippen molar-refractivity contribution < 1.29 is 4.74 Å². The van der Waals surface area contributed by atoms with Gasteiger partial charge in [-0.1, -0.05) is 6.92 Å². The Hall–Kier alpha value is 0.270. The zero-order chi connectivity index (χ0) is 7.11. The van der Waals surface area contributed by atoms with Gasteiger partial charge in [0.25, 0.3) is 0 Å². The van der Waals surface area contributed by atoms with E-state index in [2.05, 4.69) is 29.5 Å². The highest BCUT2D eigenvalue weighted by Gasteiger charge is 1.91. The molecule has 2 heteroatoms. The van der Waals surface area contributed by atoms with Gasteiger partial charge in [-0.3, -0.25) is 0 Å². The lowest BCUT2D eigenvalue weighted by atomic mass is 10.3. The third-order valence-electron chi connectivity index (χ3n) is 0.948. The largest absolute Gasteiger partial charge is 0.498 e. The average molecular weight is 240 g/mol. The van der Waals surface area contributed by atoms with Crippen LogP contribution in [0.5, 0.6) is 0 Å². The van der Waals surface area contributed by atoms with E-state index in [1.54, 1.807) is 0 Å². The lowest BCUT2D eigenvalue weighted by Crippen LogP contribution is -1.89. The summed E-state index contributed by atoms with van der Waals surface area (Å²) in [6, 6.07) is 0. The Morgan fingerprint density at radius 3 is 2.56 bits per heavy atom. The maximum atomic E-state index is 5.29. The number of halogens is 1. The van der Waals surface area contributed by atoms with Crippen molar-refractivity contribution in [1.82, 2.24) is 0 Å². The monoisotopic (exact) mass is 240 g/mol. The molecule has 0 rings (SSSR count). The Labute approximate surface area is 70.6 Å². The molecule has 0 saturated heterocycles. The summed E-state index contributed by atoms with van der Waals surface area (Å²) >= 11 is 2.21. The van der Waals surface area contributed by atoms with Crippen LogP contribution in [0.15, 0.2) is 9.84 Å². The molecule has 0 aliphatic rings. The molecular weight excluding hydrogens is 227 g/mol. The van der Waals surface area contributed by atoms with Gasteiger partial charge >= 0.3 is 0 Å². The second kappa shape index (κ2) is 6.39. The molecule has 0 aliphatic carbocycles. The molecule has 0 radical (unpaired) electrons. The molecule has 0 bridgehead atoms. The van der Waals surface area contributed by atoms with Crippen LogP contribution < -0.4 is 0 Å². The lowest BCUT2D eigenvalue weighted by molar-refractivity contribution is 0.219. The maximum Gasteiger partial charge on any atom is 0.102 e. The first-order valence-corrected chi connectivity index (χ1v) is 4.51. The van der Waals surface area contributed by atoms with E-state index < -0.39 is 0 Å². The molecule has 0 saturated carbocycles. The van der Waals surface area contributed by atoms with E-state index >= 15 is 0 Å². The van der Waals surface area contributed by atoms with Crippen LogP contribution in [0.1, 0.15) is 26.7 Å². The summed E-state index contributed by atoms with van der Waals surface area (Å²) in [6.45, 7) is 4.95. The molecule has 0 aromatic heterocycles. The Morgan fingerprint density at radius 2 is 2.22 bits per heavy atom. The van der Waals surface area contributed by atoms with Gasteiger partial charge in [-0.05, 0) is 35.9 Å². The van der Waals surface area contributed by atoms with E-state index in [1.807, 2.05) is 11.0 Å². The predicted molar refractivity (Wildman–Crippen MR) is 48.6 cm³/mol. The van der Waals surface area contributed by atoms with Crippen LogP contribution in [0, 0.1) is 0 Å². The van der Waals surface area contributed by atoms with E-state index in [-0.39, 0.29) is 0 Å². The Bertz CT molecular complexity index is 80.9. The summed E-state index contributed by atoms with van der Waals surface area (Å²) < 4.78 is 7.29. The smallest absolute Gasteiger partial charge is 0.102 e. The second-order valence-electron chi connectivity index (χ2n) is 1.76. The summed E-state index contributed by atoms with van der Waals surface area (Å²) in [5.74, 6) is 1.11. The molecule has 1 nitrogen and oxygen atoms in total. The van der Waals surface area contributed by atoms with Gasteiger partial charge < -0.3 is 4.74 Å². The molecule has 0 N–H and O–H groups in total. The zero-order valence-electron chi connectivity index (χ0n) is 5.98. The first-order chi connectivity index (χ1) is 4.35. The summed E-state index contributed by atoms with van der Waals surface area (Å²) in [6.07, 6.45) is 2.23. The van der Waals surface area contributed by atoms with Crippen molar-refractivity contribution >= 4 is 22.6 Å². The van der Waals surface area contributed by atoms with Crippen LogP contribution >= 0.6 is 22.6 Å². The SMILES string of the molecule is CCCC(=CI)OCC. The van der Waals surface area contributed by atoms with Crippen LogP contribution in [0.2, 0.25) is 0 Å². The van der Waals surface area contributed by atoms with Gasteiger partial charge in [-0.25, -0.2) is 0 Å². The van der Waals surface area contributed by atoms with Gasteiger partial charge in [0, 0.05) is 10.5 Å². The summed E-state index contributed by atoms with van der Waals surface area (Å²) in [5.41, 5.74) is 0. The van der Waals surface area contributed by atoms with Crippen LogP contribution in [0.4, 0.5) is 0 Å². The van der Waals surface area contributed by atoms with Crippen molar-refractivity contribution in [2.45, 2.75) is 26.7 Å².